The fraction of sp³-hybridized carbons (Fsp3) is 0.250. The predicted octanol–water partition coefficient (Wildman–Crippen LogP) is 1.01. The van der Waals surface area contributed by atoms with Gasteiger partial charge >= 0.3 is 0 Å². The van der Waals surface area contributed by atoms with Crippen molar-refractivity contribution in [2.75, 3.05) is 13.2 Å². The quantitative estimate of drug-likeness (QED) is 0.779. The third-order valence-electron chi connectivity index (χ3n) is 2.90. The Bertz CT molecular complexity index is 544. The van der Waals surface area contributed by atoms with Gasteiger partial charge in [0.1, 0.15) is 13.2 Å². The van der Waals surface area contributed by atoms with E-state index in [1.165, 1.54) is 12.5 Å². The molecule has 0 bridgehead atoms. The molecule has 2 aliphatic rings. The molecule has 1 aromatic rings. The Morgan fingerprint density at radius 1 is 1.28 bits per heavy atom. The molecule has 5 nitrogen and oxygen atoms in total. The topological polar surface area (TPSA) is 68.9 Å². The minimum absolute atomic E-state index is 0.469. The lowest BCUT2D eigenvalue weighted by atomic mass is 9.98. The molecule has 1 aromatic carbocycles. The lowest BCUT2D eigenvalue weighted by Crippen LogP contribution is -2.39. The van der Waals surface area contributed by atoms with Crippen molar-refractivity contribution in [1.82, 2.24) is 5.32 Å². The normalized spacial score (nSPS) is 25.3. The van der Waals surface area contributed by atoms with Crippen LogP contribution in [0.1, 0.15) is 5.56 Å². The van der Waals surface area contributed by atoms with Crippen molar-refractivity contribution < 1.29 is 13.9 Å². The summed E-state index contributed by atoms with van der Waals surface area (Å²) < 4.78 is 24.7. The molecule has 0 saturated carbocycles. The Labute approximate surface area is 103 Å². The van der Waals surface area contributed by atoms with E-state index >= 15 is 0 Å². The lowest BCUT2D eigenvalue weighted by molar-refractivity contribution is 0.171. The zero-order valence-electron chi connectivity index (χ0n) is 9.52. The molecule has 18 heavy (non-hydrogen) atoms. The molecule has 2 heterocycles. The maximum Gasteiger partial charge on any atom is 0.189 e. The molecule has 1 unspecified atom stereocenters. The number of aliphatic imine (C=N–C) groups is 1. The smallest absolute Gasteiger partial charge is 0.189 e. The first-order chi connectivity index (χ1) is 8.70. The van der Waals surface area contributed by atoms with Crippen LogP contribution in [0, 0.1) is 0 Å². The molecule has 0 spiro atoms. The average Bonchev–Trinajstić information content (AvgIpc) is 2.42. The first-order valence-electron chi connectivity index (χ1n) is 5.55. The number of ether oxygens (including phenoxy) is 2. The van der Waals surface area contributed by atoms with E-state index in [1.54, 1.807) is 18.2 Å². The van der Waals surface area contributed by atoms with Crippen LogP contribution >= 0.6 is 0 Å². The number of nitrogens with two attached hydrogens (primary N) is 1. The molecule has 0 aromatic heterocycles. The number of rotatable bonds is 1. The Kier molecular flexibility index (Phi) is 2.45. The van der Waals surface area contributed by atoms with Crippen molar-refractivity contribution in [3.05, 3.63) is 35.8 Å². The number of hydrogen-bond acceptors (Lipinski definition) is 5. The van der Waals surface area contributed by atoms with Crippen LogP contribution in [0.3, 0.4) is 0 Å². The molecule has 0 saturated heterocycles. The highest BCUT2D eigenvalue weighted by Gasteiger charge is 2.34. The minimum atomic E-state index is -1.50. The summed E-state index contributed by atoms with van der Waals surface area (Å²) in [4.78, 5) is 3.96. The summed E-state index contributed by atoms with van der Waals surface area (Å²) in [6, 6.07) is 5.05. The van der Waals surface area contributed by atoms with Crippen molar-refractivity contribution >= 4 is 6.34 Å². The van der Waals surface area contributed by atoms with E-state index in [9.17, 15) is 4.39 Å². The molecule has 6 heteroatoms. The first kappa shape index (κ1) is 11.0. The molecule has 0 amide bonds. The fourth-order valence-electron chi connectivity index (χ4n) is 1.91. The SMILES string of the molecule is NC1(c2ccc3c(c2)OCCO3)N=CNC=C1F. The van der Waals surface area contributed by atoms with Crippen molar-refractivity contribution in [3.8, 4) is 11.5 Å². The van der Waals surface area contributed by atoms with Gasteiger partial charge in [-0.3, -0.25) is 5.73 Å². The van der Waals surface area contributed by atoms with Crippen LogP contribution in [0.5, 0.6) is 11.5 Å². The Balaban J connectivity index is 2.04. The maximum atomic E-state index is 13.8. The monoisotopic (exact) mass is 249 g/mol. The zero-order valence-corrected chi connectivity index (χ0v) is 9.52. The standard InChI is InChI=1S/C12H12FN3O2/c13-11-6-15-7-16-12(11,14)8-1-2-9-10(5-8)18-4-3-17-9/h1-2,5-7H,3-4,14H2,(H,15,16). The number of nitrogens with one attached hydrogen (secondary N) is 1. The van der Waals surface area contributed by atoms with Crippen LogP contribution in [0.25, 0.3) is 0 Å². The zero-order chi connectivity index (χ0) is 12.6. The van der Waals surface area contributed by atoms with Crippen LogP contribution in [-0.4, -0.2) is 19.6 Å². The molecule has 1 atom stereocenters. The van der Waals surface area contributed by atoms with Crippen LogP contribution in [0.4, 0.5) is 4.39 Å². The number of benzene rings is 1. The molecule has 0 radical (unpaired) electrons. The highest BCUT2D eigenvalue weighted by molar-refractivity contribution is 5.61. The summed E-state index contributed by atoms with van der Waals surface area (Å²) in [5.74, 6) is 0.641. The van der Waals surface area contributed by atoms with Gasteiger partial charge < -0.3 is 14.8 Å². The molecule has 0 aliphatic carbocycles. The molecule has 3 N–H and O–H groups in total. The number of halogens is 1. The molecule has 94 valence electrons. The highest BCUT2D eigenvalue weighted by Crippen LogP contribution is 2.37. The minimum Gasteiger partial charge on any atom is -0.486 e. The summed E-state index contributed by atoms with van der Waals surface area (Å²) in [5.41, 5.74) is 4.99. The summed E-state index contributed by atoms with van der Waals surface area (Å²) >= 11 is 0. The van der Waals surface area contributed by atoms with Crippen LogP contribution in [-0.2, 0) is 5.66 Å². The van der Waals surface area contributed by atoms with E-state index < -0.39 is 11.5 Å². The summed E-state index contributed by atoms with van der Waals surface area (Å²) in [6.45, 7) is 0.980. The van der Waals surface area contributed by atoms with E-state index in [1.807, 2.05) is 0 Å². The fourth-order valence-corrected chi connectivity index (χ4v) is 1.91. The molecule has 3 rings (SSSR count). The van der Waals surface area contributed by atoms with Crippen LogP contribution < -0.4 is 20.5 Å². The Morgan fingerprint density at radius 2 is 2.06 bits per heavy atom. The molecular formula is C12H12FN3O2. The summed E-state index contributed by atoms with van der Waals surface area (Å²) in [6.07, 6.45) is 2.55. The molecule has 0 fully saturated rings. The lowest BCUT2D eigenvalue weighted by Gasteiger charge is -2.27. The van der Waals surface area contributed by atoms with Gasteiger partial charge in [-0.05, 0) is 12.1 Å². The Hall–Kier alpha value is -2.08. The van der Waals surface area contributed by atoms with Gasteiger partial charge in [-0.15, -0.1) is 0 Å². The average molecular weight is 249 g/mol. The van der Waals surface area contributed by atoms with E-state index in [0.717, 1.165) is 0 Å². The largest absolute Gasteiger partial charge is 0.486 e. The van der Waals surface area contributed by atoms with Gasteiger partial charge in [0.25, 0.3) is 0 Å². The number of hydrogen-bond donors (Lipinski definition) is 2. The second-order valence-corrected chi connectivity index (χ2v) is 4.04. The van der Waals surface area contributed by atoms with Crippen molar-refractivity contribution in [1.29, 1.82) is 0 Å². The first-order valence-corrected chi connectivity index (χ1v) is 5.55. The van der Waals surface area contributed by atoms with Crippen molar-refractivity contribution in [2.24, 2.45) is 10.7 Å². The van der Waals surface area contributed by atoms with Gasteiger partial charge in [0.05, 0.1) is 6.34 Å². The van der Waals surface area contributed by atoms with Gasteiger partial charge in [0, 0.05) is 11.8 Å². The third kappa shape index (κ3) is 1.62. The molecule has 2 aliphatic heterocycles. The van der Waals surface area contributed by atoms with Gasteiger partial charge in [-0.2, -0.15) is 0 Å². The van der Waals surface area contributed by atoms with E-state index in [4.69, 9.17) is 15.2 Å². The number of fused-ring (bicyclic) bond motifs is 1. The highest BCUT2D eigenvalue weighted by atomic mass is 19.1. The van der Waals surface area contributed by atoms with Crippen LogP contribution in [0.2, 0.25) is 0 Å². The van der Waals surface area contributed by atoms with Gasteiger partial charge in [0.15, 0.2) is 23.0 Å². The second kappa shape index (κ2) is 3.99. The van der Waals surface area contributed by atoms with Gasteiger partial charge in [-0.1, -0.05) is 6.07 Å². The summed E-state index contributed by atoms with van der Waals surface area (Å²) in [5, 5.41) is 2.56. The van der Waals surface area contributed by atoms with E-state index in [2.05, 4.69) is 10.3 Å². The third-order valence-corrected chi connectivity index (χ3v) is 2.90. The van der Waals surface area contributed by atoms with Gasteiger partial charge in [0.2, 0.25) is 0 Å². The van der Waals surface area contributed by atoms with Gasteiger partial charge in [-0.25, -0.2) is 9.38 Å². The van der Waals surface area contributed by atoms with Crippen molar-refractivity contribution in [2.45, 2.75) is 5.66 Å². The van der Waals surface area contributed by atoms with Crippen molar-refractivity contribution in [3.63, 3.8) is 0 Å². The second-order valence-electron chi connectivity index (χ2n) is 4.04. The Morgan fingerprint density at radius 3 is 2.83 bits per heavy atom. The van der Waals surface area contributed by atoms with E-state index in [-0.39, 0.29) is 0 Å². The summed E-state index contributed by atoms with van der Waals surface area (Å²) in [7, 11) is 0. The predicted molar refractivity (Wildman–Crippen MR) is 64.1 cm³/mol. The number of nitrogens with zero attached hydrogens (tertiary/aromatic N) is 1. The maximum absolute atomic E-state index is 13.8. The van der Waals surface area contributed by atoms with E-state index in [0.29, 0.717) is 30.3 Å². The molecular weight excluding hydrogens is 237 g/mol. The van der Waals surface area contributed by atoms with Crippen LogP contribution in [0.15, 0.2) is 35.2 Å².